The van der Waals surface area contributed by atoms with Gasteiger partial charge in [0.25, 0.3) is 0 Å². The number of piperidine rings is 1. The van der Waals surface area contributed by atoms with Gasteiger partial charge in [-0.25, -0.2) is 9.97 Å². The van der Waals surface area contributed by atoms with E-state index in [9.17, 15) is 0 Å². The molecule has 5 heteroatoms. The fraction of sp³-hybridized carbons (Fsp3) is 0.500. The van der Waals surface area contributed by atoms with E-state index >= 15 is 0 Å². The summed E-state index contributed by atoms with van der Waals surface area (Å²) in [5.74, 6) is 1.04. The first kappa shape index (κ1) is 12.8. The lowest BCUT2D eigenvalue weighted by Gasteiger charge is -2.36. The number of nitrogens with zero attached hydrogens (tertiary/aromatic N) is 4. The van der Waals surface area contributed by atoms with Crippen LogP contribution in [0.4, 0.5) is 5.82 Å². The molecule has 0 spiro atoms. The fourth-order valence-corrected chi connectivity index (χ4v) is 3.26. The molecular formula is C14H17BrN4. The summed E-state index contributed by atoms with van der Waals surface area (Å²) < 4.78 is 0. The van der Waals surface area contributed by atoms with Crippen LogP contribution in [0.15, 0.2) is 24.5 Å². The van der Waals surface area contributed by atoms with Crippen molar-refractivity contribution in [3.63, 3.8) is 0 Å². The van der Waals surface area contributed by atoms with Gasteiger partial charge in [0.2, 0.25) is 0 Å². The maximum Gasteiger partial charge on any atom is 0.180 e. The summed E-state index contributed by atoms with van der Waals surface area (Å²) in [5.41, 5.74) is 1.60. The Hall–Kier alpha value is -1.23. The van der Waals surface area contributed by atoms with Crippen LogP contribution >= 0.6 is 15.9 Å². The van der Waals surface area contributed by atoms with Crippen molar-refractivity contribution >= 4 is 32.9 Å². The van der Waals surface area contributed by atoms with Crippen LogP contribution in [0.2, 0.25) is 0 Å². The highest BCUT2D eigenvalue weighted by Gasteiger charge is 2.23. The lowest BCUT2D eigenvalue weighted by molar-refractivity contribution is 0.450. The Morgan fingerprint density at radius 2 is 2.11 bits per heavy atom. The maximum absolute atomic E-state index is 4.67. The molecule has 1 unspecified atom stereocenters. The van der Waals surface area contributed by atoms with E-state index < -0.39 is 0 Å². The molecule has 3 heterocycles. The fourth-order valence-electron chi connectivity index (χ4n) is 2.73. The smallest absolute Gasteiger partial charge is 0.180 e. The summed E-state index contributed by atoms with van der Waals surface area (Å²) in [5, 5.41) is 1.04. The first-order chi connectivity index (χ1) is 9.38. The van der Waals surface area contributed by atoms with Crippen LogP contribution in [0.25, 0.3) is 11.2 Å². The summed E-state index contributed by atoms with van der Waals surface area (Å²) >= 11 is 3.56. The van der Waals surface area contributed by atoms with E-state index in [0.29, 0.717) is 6.04 Å². The van der Waals surface area contributed by atoms with Gasteiger partial charge < -0.3 is 4.90 Å². The van der Waals surface area contributed by atoms with Gasteiger partial charge in [-0.3, -0.25) is 4.98 Å². The molecule has 2 aromatic heterocycles. The molecule has 3 rings (SSSR count). The third-order valence-corrected chi connectivity index (χ3v) is 4.14. The SMILES string of the molecule is BrCCC1CCCCN1c1ccc2nccnc2n1. The predicted octanol–water partition coefficient (Wildman–Crippen LogP) is 3.17. The minimum atomic E-state index is 0.592. The van der Waals surface area contributed by atoms with Crippen molar-refractivity contribution in [2.24, 2.45) is 0 Å². The molecule has 0 saturated carbocycles. The number of fused-ring (bicyclic) bond motifs is 1. The van der Waals surface area contributed by atoms with Crippen molar-refractivity contribution in [1.29, 1.82) is 0 Å². The Kier molecular flexibility index (Phi) is 3.92. The summed E-state index contributed by atoms with van der Waals surface area (Å²) in [6.45, 7) is 1.09. The van der Waals surface area contributed by atoms with Gasteiger partial charge in [-0.2, -0.15) is 0 Å². The average molecular weight is 321 g/mol. The van der Waals surface area contributed by atoms with Crippen LogP contribution in [-0.4, -0.2) is 32.9 Å². The van der Waals surface area contributed by atoms with Crippen molar-refractivity contribution in [2.75, 3.05) is 16.8 Å². The van der Waals surface area contributed by atoms with Crippen LogP contribution in [0.5, 0.6) is 0 Å². The Bertz CT molecular complexity index is 558. The predicted molar refractivity (Wildman–Crippen MR) is 80.7 cm³/mol. The molecule has 19 heavy (non-hydrogen) atoms. The third kappa shape index (κ3) is 2.71. The largest absolute Gasteiger partial charge is 0.354 e. The lowest BCUT2D eigenvalue weighted by Crippen LogP contribution is -2.40. The van der Waals surface area contributed by atoms with Gasteiger partial charge in [-0.15, -0.1) is 0 Å². The minimum Gasteiger partial charge on any atom is -0.354 e. The summed E-state index contributed by atoms with van der Waals surface area (Å²) in [4.78, 5) is 15.7. The maximum atomic E-state index is 4.67. The summed E-state index contributed by atoms with van der Waals surface area (Å²) in [6.07, 6.45) is 8.40. The number of aromatic nitrogens is 3. The normalized spacial score (nSPS) is 19.8. The summed E-state index contributed by atoms with van der Waals surface area (Å²) in [7, 11) is 0. The van der Waals surface area contributed by atoms with Crippen molar-refractivity contribution in [3.8, 4) is 0 Å². The van der Waals surface area contributed by atoms with E-state index in [-0.39, 0.29) is 0 Å². The molecule has 0 amide bonds. The van der Waals surface area contributed by atoms with Gasteiger partial charge in [0.05, 0.1) is 0 Å². The van der Waals surface area contributed by atoms with Gasteiger partial charge in [0.1, 0.15) is 11.3 Å². The molecule has 100 valence electrons. The molecule has 1 atom stereocenters. The quantitative estimate of drug-likeness (QED) is 0.815. The zero-order chi connectivity index (χ0) is 13.1. The molecule has 0 radical (unpaired) electrons. The van der Waals surface area contributed by atoms with E-state index in [0.717, 1.165) is 28.9 Å². The van der Waals surface area contributed by atoms with Gasteiger partial charge >= 0.3 is 0 Å². The first-order valence-electron chi connectivity index (χ1n) is 6.79. The molecule has 4 nitrogen and oxygen atoms in total. The molecule has 1 fully saturated rings. The first-order valence-corrected chi connectivity index (χ1v) is 7.91. The Labute approximate surface area is 121 Å². The van der Waals surface area contributed by atoms with Gasteiger partial charge in [0.15, 0.2) is 5.65 Å². The molecule has 0 bridgehead atoms. The molecular weight excluding hydrogens is 304 g/mol. The second kappa shape index (κ2) is 5.82. The van der Waals surface area contributed by atoms with Crippen molar-refractivity contribution in [1.82, 2.24) is 15.0 Å². The van der Waals surface area contributed by atoms with Crippen LogP contribution in [0.1, 0.15) is 25.7 Å². The summed E-state index contributed by atoms with van der Waals surface area (Å²) in [6, 6.07) is 4.68. The topological polar surface area (TPSA) is 41.9 Å². The molecule has 1 saturated heterocycles. The van der Waals surface area contributed by atoms with Gasteiger partial charge in [-0.05, 0) is 37.8 Å². The van der Waals surface area contributed by atoms with Crippen LogP contribution in [-0.2, 0) is 0 Å². The van der Waals surface area contributed by atoms with Crippen molar-refractivity contribution in [2.45, 2.75) is 31.7 Å². The number of halogens is 1. The Balaban J connectivity index is 1.92. The zero-order valence-corrected chi connectivity index (χ0v) is 12.4. The minimum absolute atomic E-state index is 0.592. The van der Waals surface area contributed by atoms with E-state index in [1.165, 1.54) is 25.7 Å². The second-order valence-electron chi connectivity index (χ2n) is 4.89. The number of alkyl halides is 1. The van der Waals surface area contributed by atoms with Crippen LogP contribution in [0, 0.1) is 0 Å². The molecule has 1 aliphatic rings. The standard InChI is InChI=1S/C14H17BrN4/c15-7-6-11-3-1-2-10-19(11)13-5-4-12-14(18-13)17-9-8-16-12/h4-5,8-9,11H,1-3,6-7,10H2. The number of hydrogen-bond acceptors (Lipinski definition) is 4. The number of pyridine rings is 1. The highest BCUT2D eigenvalue weighted by atomic mass is 79.9. The molecule has 0 aromatic carbocycles. The van der Waals surface area contributed by atoms with E-state index in [1.807, 2.05) is 6.07 Å². The average Bonchev–Trinajstić information content (AvgIpc) is 2.48. The second-order valence-corrected chi connectivity index (χ2v) is 5.68. The highest BCUT2D eigenvalue weighted by Crippen LogP contribution is 2.26. The van der Waals surface area contributed by atoms with Crippen molar-refractivity contribution < 1.29 is 0 Å². The van der Waals surface area contributed by atoms with Gasteiger partial charge in [-0.1, -0.05) is 15.9 Å². The number of rotatable bonds is 3. The number of hydrogen-bond donors (Lipinski definition) is 0. The Morgan fingerprint density at radius 3 is 3.00 bits per heavy atom. The highest BCUT2D eigenvalue weighted by molar-refractivity contribution is 9.09. The Morgan fingerprint density at radius 1 is 1.21 bits per heavy atom. The third-order valence-electron chi connectivity index (χ3n) is 3.68. The van der Waals surface area contributed by atoms with Crippen LogP contribution in [0.3, 0.4) is 0 Å². The number of anilines is 1. The van der Waals surface area contributed by atoms with E-state index in [1.54, 1.807) is 12.4 Å². The van der Waals surface area contributed by atoms with Crippen molar-refractivity contribution in [3.05, 3.63) is 24.5 Å². The van der Waals surface area contributed by atoms with Crippen LogP contribution < -0.4 is 4.90 Å². The monoisotopic (exact) mass is 320 g/mol. The zero-order valence-electron chi connectivity index (χ0n) is 10.8. The molecule has 0 N–H and O–H groups in total. The molecule has 1 aliphatic heterocycles. The molecule has 2 aromatic rings. The van der Waals surface area contributed by atoms with Gasteiger partial charge in [0, 0.05) is 30.3 Å². The van der Waals surface area contributed by atoms with E-state index in [4.69, 9.17) is 0 Å². The lowest BCUT2D eigenvalue weighted by atomic mass is 10.00. The van der Waals surface area contributed by atoms with E-state index in [2.05, 4.69) is 41.8 Å². The molecule has 0 aliphatic carbocycles.